The van der Waals surface area contributed by atoms with Crippen molar-refractivity contribution in [3.63, 3.8) is 0 Å². The zero-order chi connectivity index (χ0) is 20.3. The number of rotatable bonds is 6. The third kappa shape index (κ3) is 5.22. The predicted molar refractivity (Wildman–Crippen MR) is 112 cm³/mol. The van der Waals surface area contributed by atoms with E-state index in [0.717, 1.165) is 43.6 Å². The summed E-state index contributed by atoms with van der Waals surface area (Å²) < 4.78 is 38.8. The Morgan fingerprint density at radius 1 is 0.966 bits per heavy atom. The van der Waals surface area contributed by atoms with Gasteiger partial charge >= 0.3 is 6.18 Å². The number of fused-ring (bicyclic) bond motifs is 1. The van der Waals surface area contributed by atoms with Gasteiger partial charge in [-0.2, -0.15) is 13.2 Å². The van der Waals surface area contributed by atoms with E-state index in [0.29, 0.717) is 5.56 Å². The van der Waals surface area contributed by atoms with E-state index in [1.165, 1.54) is 57.1 Å². The molecule has 0 saturated heterocycles. The molecule has 4 heteroatoms. The third-order valence-electron chi connectivity index (χ3n) is 6.56. The van der Waals surface area contributed by atoms with Crippen LogP contribution in [-0.2, 0) is 6.18 Å². The maximum absolute atomic E-state index is 12.9. The summed E-state index contributed by atoms with van der Waals surface area (Å²) in [6.07, 6.45) is 12.5. The van der Waals surface area contributed by atoms with Crippen molar-refractivity contribution in [1.82, 2.24) is 4.90 Å². The number of hydrogen-bond donors (Lipinski definition) is 0. The zero-order valence-corrected chi connectivity index (χ0v) is 17.0. The van der Waals surface area contributed by atoms with Crippen molar-refractivity contribution in [3.8, 4) is 0 Å². The highest BCUT2D eigenvalue weighted by molar-refractivity contribution is 5.67. The molecule has 0 bridgehead atoms. The molecular formula is C25H30F3N. The van der Waals surface area contributed by atoms with Gasteiger partial charge in [-0.3, -0.25) is 4.90 Å². The fourth-order valence-electron chi connectivity index (χ4n) is 4.87. The van der Waals surface area contributed by atoms with Crippen molar-refractivity contribution in [3.05, 3.63) is 64.8 Å². The van der Waals surface area contributed by atoms with Gasteiger partial charge in [0.25, 0.3) is 0 Å². The molecule has 1 heterocycles. The molecule has 0 amide bonds. The van der Waals surface area contributed by atoms with E-state index >= 15 is 0 Å². The molecular weight excluding hydrogens is 371 g/mol. The number of benzene rings is 1. The topological polar surface area (TPSA) is 3.24 Å². The number of nitrogens with zero attached hydrogens (tertiary/aromatic N) is 1. The molecule has 0 spiro atoms. The van der Waals surface area contributed by atoms with Gasteiger partial charge < -0.3 is 0 Å². The normalized spacial score (nSPS) is 22.7. The Morgan fingerprint density at radius 2 is 1.83 bits per heavy atom. The van der Waals surface area contributed by atoms with Gasteiger partial charge in [-0.15, -0.1) is 0 Å². The first-order valence-corrected chi connectivity index (χ1v) is 11.0. The van der Waals surface area contributed by atoms with E-state index in [1.54, 1.807) is 17.2 Å². The van der Waals surface area contributed by atoms with Crippen molar-refractivity contribution in [2.45, 2.75) is 57.5 Å². The average Bonchev–Trinajstić information content (AvgIpc) is 3.19. The molecule has 1 aliphatic heterocycles. The van der Waals surface area contributed by atoms with Crippen molar-refractivity contribution < 1.29 is 13.2 Å². The molecule has 0 radical (unpaired) electrons. The minimum absolute atomic E-state index is 0.560. The SMILES string of the molecule is FC(F)(F)c1cccc(C2=CCN(CCCCC3C=C4CCCC4=CC3)CC2)c1. The van der Waals surface area contributed by atoms with E-state index in [4.69, 9.17) is 0 Å². The van der Waals surface area contributed by atoms with Crippen LogP contribution in [0.3, 0.4) is 0 Å². The van der Waals surface area contributed by atoms with Gasteiger partial charge in [-0.05, 0) is 91.8 Å². The van der Waals surface area contributed by atoms with Crippen LogP contribution in [0.4, 0.5) is 13.2 Å². The lowest BCUT2D eigenvalue weighted by atomic mass is 9.88. The van der Waals surface area contributed by atoms with Crippen LogP contribution >= 0.6 is 0 Å². The minimum atomic E-state index is -4.28. The summed E-state index contributed by atoms with van der Waals surface area (Å²) in [4.78, 5) is 2.42. The molecule has 0 aromatic heterocycles. The Balaban J connectivity index is 1.21. The summed E-state index contributed by atoms with van der Waals surface area (Å²) in [6.45, 7) is 2.85. The summed E-state index contributed by atoms with van der Waals surface area (Å²) in [7, 11) is 0. The van der Waals surface area contributed by atoms with Crippen molar-refractivity contribution in [2.24, 2.45) is 5.92 Å². The second-order valence-electron chi connectivity index (χ2n) is 8.62. The first kappa shape index (κ1) is 20.5. The van der Waals surface area contributed by atoms with Crippen molar-refractivity contribution in [1.29, 1.82) is 0 Å². The van der Waals surface area contributed by atoms with E-state index in [9.17, 15) is 13.2 Å². The molecule has 1 unspecified atom stereocenters. The van der Waals surface area contributed by atoms with E-state index < -0.39 is 11.7 Å². The van der Waals surface area contributed by atoms with Gasteiger partial charge in [0, 0.05) is 13.1 Å². The standard InChI is InChI=1S/C25H30F3N/c26-25(27,28)24-9-4-8-23(18-24)21-12-15-29(16-13-21)14-2-1-5-19-10-11-20-6-3-7-22(20)17-19/h4,8-9,11-12,17-19H,1-3,5-7,10,13-16H2. The number of halogens is 3. The first-order chi connectivity index (χ1) is 14.0. The molecule has 1 nitrogen and oxygen atoms in total. The lowest BCUT2D eigenvalue weighted by Gasteiger charge is -2.27. The van der Waals surface area contributed by atoms with Crippen molar-refractivity contribution in [2.75, 3.05) is 19.6 Å². The Bertz CT molecular complexity index is 816. The Kier molecular flexibility index (Phi) is 6.29. The summed E-state index contributed by atoms with van der Waals surface area (Å²) in [6, 6.07) is 5.73. The third-order valence-corrected chi connectivity index (χ3v) is 6.56. The van der Waals surface area contributed by atoms with Gasteiger partial charge in [0.2, 0.25) is 0 Å². The highest BCUT2D eigenvalue weighted by Crippen LogP contribution is 2.37. The fraction of sp³-hybridized carbons (Fsp3) is 0.520. The fourth-order valence-corrected chi connectivity index (χ4v) is 4.87. The molecule has 2 aliphatic carbocycles. The summed E-state index contributed by atoms with van der Waals surface area (Å²) in [5.74, 6) is 0.723. The molecule has 29 heavy (non-hydrogen) atoms. The van der Waals surface area contributed by atoms with Crippen LogP contribution in [0.1, 0.15) is 62.5 Å². The first-order valence-electron chi connectivity index (χ1n) is 11.0. The maximum Gasteiger partial charge on any atom is 0.416 e. The molecule has 1 aromatic carbocycles. The highest BCUT2D eigenvalue weighted by atomic mass is 19.4. The van der Waals surface area contributed by atoms with Crippen LogP contribution in [-0.4, -0.2) is 24.5 Å². The molecule has 1 saturated carbocycles. The summed E-state index contributed by atoms with van der Waals surface area (Å²) in [5.41, 5.74) is 4.42. The second-order valence-corrected chi connectivity index (χ2v) is 8.62. The van der Waals surface area contributed by atoms with Gasteiger partial charge in [-0.25, -0.2) is 0 Å². The van der Waals surface area contributed by atoms with Gasteiger partial charge in [0.05, 0.1) is 5.56 Å². The Labute approximate surface area is 172 Å². The smallest absolute Gasteiger partial charge is 0.299 e. The van der Waals surface area contributed by atoms with E-state index in [1.807, 2.05) is 0 Å². The zero-order valence-electron chi connectivity index (χ0n) is 17.0. The quantitative estimate of drug-likeness (QED) is 0.463. The Hall–Kier alpha value is -1.81. The second kappa shape index (κ2) is 8.91. The molecule has 4 rings (SSSR count). The maximum atomic E-state index is 12.9. The summed E-state index contributed by atoms with van der Waals surface area (Å²) in [5, 5.41) is 0. The summed E-state index contributed by atoms with van der Waals surface area (Å²) >= 11 is 0. The molecule has 156 valence electrons. The van der Waals surface area contributed by atoms with Gasteiger partial charge in [-0.1, -0.05) is 36.8 Å². The number of hydrogen-bond acceptors (Lipinski definition) is 1. The average molecular weight is 402 g/mol. The number of alkyl halides is 3. The van der Waals surface area contributed by atoms with Gasteiger partial charge in [0.15, 0.2) is 0 Å². The van der Waals surface area contributed by atoms with Crippen LogP contribution in [0.2, 0.25) is 0 Å². The molecule has 0 N–H and O–H groups in total. The van der Waals surface area contributed by atoms with Crippen LogP contribution < -0.4 is 0 Å². The number of allylic oxidation sites excluding steroid dienone is 4. The van der Waals surface area contributed by atoms with Crippen LogP contribution in [0, 0.1) is 5.92 Å². The molecule has 1 fully saturated rings. The molecule has 1 aromatic rings. The van der Waals surface area contributed by atoms with Crippen LogP contribution in [0.5, 0.6) is 0 Å². The highest BCUT2D eigenvalue weighted by Gasteiger charge is 2.30. The largest absolute Gasteiger partial charge is 0.416 e. The lowest BCUT2D eigenvalue weighted by Crippen LogP contribution is -2.29. The molecule has 3 aliphatic rings. The van der Waals surface area contributed by atoms with E-state index in [2.05, 4.69) is 23.1 Å². The molecule has 1 atom stereocenters. The number of unbranched alkanes of at least 4 members (excludes halogenated alkanes) is 1. The minimum Gasteiger partial charge on any atom is -0.299 e. The van der Waals surface area contributed by atoms with Crippen LogP contribution in [0.15, 0.2) is 53.6 Å². The lowest BCUT2D eigenvalue weighted by molar-refractivity contribution is -0.137. The van der Waals surface area contributed by atoms with Crippen LogP contribution in [0.25, 0.3) is 5.57 Å². The van der Waals surface area contributed by atoms with Crippen molar-refractivity contribution >= 4 is 5.57 Å². The monoisotopic (exact) mass is 401 g/mol. The van der Waals surface area contributed by atoms with Gasteiger partial charge in [0.1, 0.15) is 0 Å². The predicted octanol–water partition coefficient (Wildman–Crippen LogP) is 7.02. The van der Waals surface area contributed by atoms with E-state index in [-0.39, 0.29) is 0 Å². The Morgan fingerprint density at radius 3 is 2.62 bits per heavy atom.